The van der Waals surface area contributed by atoms with Gasteiger partial charge in [-0.1, -0.05) is 13.8 Å². The number of carbonyl (C=O) groups is 1. The summed E-state index contributed by atoms with van der Waals surface area (Å²) in [7, 11) is 0. The molecule has 0 saturated heterocycles. The molecular formula is C13H18N4O. The van der Waals surface area contributed by atoms with E-state index in [4.69, 9.17) is 11.0 Å². The maximum Gasteiger partial charge on any atom is 0.240 e. The van der Waals surface area contributed by atoms with Crippen LogP contribution in [0.15, 0.2) is 6.07 Å². The van der Waals surface area contributed by atoms with Crippen LogP contribution in [0.3, 0.4) is 0 Å². The molecular weight excluding hydrogens is 228 g/mol. The predicted molar refractivity (Wildman–Crippen MR) is 69.9 cm³/mol. The minimum Gasteiger partial charge on any atom is -0.372 e. The van der Waals surface area contributed by atoms with Crippen molar-refractivity contribution in [3.05, 3.63) is 23.0 Å². The summed E-state index contributed by atoms with van der Waals surface area (Å²) >= 11 is 0. The molecule has 0 spiro atoms. The molecule has 0 saturated carbocycles. The molecule has 1 aromatic heterocycles. The van der Waals surface area contributed by atoms with Gasteiger partial charge in [-0.3, -0.25) is 9.78 Å². The van der Waals surface area contributed by atoms with Gasteiger partial charge < -0.3 is 11.1 Å². The van der Waals surface area contributed by atoms with Gasteiger partial charge in [0.2, 0.25) is 5.91 Å². The van der Waals surface area contributed by atoms with Gasteiger partial charge in [0.15, 0.2) is 0 Å². The van der Waals surface area contributed by atoms with Crippen LogP contribution in [0.25, 0.3) is 0 Å². The third kappa shape index (κ3) is 2.98. The molecule has 1 rings (SSSR count). The fourth-order valence-electron chi connectivity index (χ4n) is 1.82. The Morgan fingerprint density at radius 3 is 2.56 bits per heavy atom. The normalized spacial score (nSPS) is 12.0. The summed E-state index contributed by atoms with van der Waals surface area (Å²) < 4.78 is 0. The molecule has 1 aromatic rings. The van der Waals surface area contributed by atoms with E-state index in [1.54, 1.807) is 13.0 Å². The molecule has 1 unspecified atom stereocenters. The summed E-state index contributed by atoms with van der Waals surface area (Å²) in [5.74, 6) is -0.385. The first-order valence-corrected chi connectivity index (χ1v) is 5.81. The van der Waals surface area contributed by atoms with Crippen molar-refractivity contribution in [3.8, 4) is 6.07 Å². The first-order valence-electron chi connectivity index (χ1n) is 5.81. The van der Waals surface area contributed by atoms with Crippen molar-refractivity contribution in [2.45, 2.75) is 33.7 Å². The number of nitriles is 1. The Kier molecular flexibility index (Phi) is 4.27. The quantitative estimate of drug-likeness (QED) is 0.842. The molecule has 3 N–H and O–H groups in total. The molecule has 0 aliphatic carbocycles. The van der Waals surface area contributed by atoms with Crippen LogP contribution in [-0.2, 0) is 4.79 Å². The topological polar surface area (TPSA) is 91.8 Å². The number of hydrogen-bond acceptors (Lipinski definition) is 4. The second-order valence-electron chi connectivity index (χ2n) is 4.65. The molecule has 0 aliphatic heterocycles. The third-order valence-corrected chi connectivity index (χ3v) is 2.72. The molecule has 0 bridgehead atoms. The lowest BCUT2D eigenvalue weighted by Crippen LogP contribution is -2.39. The standard InChI is InChI=1S/C13H18N4O/c1-7(2)12(13(15)18)17-11-5-8(3)16-9(4)10(11)6-14/h5,7,12H,1-4H3,(H2,15,18)(H,16,17). The Morgan fingerprint density at radius 1 is 1.50 bits per heavy atom. The summed E-state index contributed by atoms with van der Waals surface area (Å²) in [5, 5.41) is 12.2. The molecule has 1 heterocycles. The molecule has 0 radical (unpaired) electrons. The molecule has 0 aliphatic rings. The van der Waals surface area contributed by atoms with Crippen LogP contribution < -0.4 is 11.1 Å². The summed E-state index contributed by atoms with van der Waals surface area (Å²) in [6, 6.07) is 3.35. The van der Waals surface area contributed by atoms with Gasteiger partial charge in [0.05, 0.1) is 16.9 Å². The smallest absolute Gasteiger partial charge is 0.240 e. The van der Waals surface area contributed by atoms with E-state index < -0.39 is 11.9 Å². The highest BCUT2D eigenvalue weighted by Crippen LogP contribution is 2.21. The molecule has 1 atom stereocenters. The summed E-state index contributed by atoms with van der Waals surface area (Å²) in [5.41, 5.74) is 7.85. The minimum atomic E-state index is -0.502. The maximum absolute atomic E-state index is 11.4. The number of primary amides is 1. The second kappa shape index (κ2) is 5.50. The van der Waals surface area contributed by atoms with E-state index in [0.717, 1.165) is 5.69 Å². The average Bonchev–Trinajstić information content (AvgIpc) is 2.24. The van der Waals surface area contributed by atoms with Gasteiger partial charge in [0, 0.05) is 5.69 Å². The van der Waals surface area contributed by atoms with E-state index >= 15 is 0 Å². The summed E-state index contributed by atoms with van der Waals surface area (Å²) in [6.07, 6.45) is 0. The number of nitrogens with zero attached hydrogens (tertiary/aromatic N) is 2. The van der Waals surface area contributed by atoms with Gasteiger partial charge >= 0.3 is 0 Å². The zero-order chi connectivity index (χ0) is 13.9. The van der Waals surface area contributed by atoms with E-state index in [9.17, 15) is 4.79 Å². The molecule has 0 aromatic carbocycles. The van der Waals surface area contributed by atoms with Gasteiger partial charge in [-0.2, -0.15) is 5.26 Å². The van der Waals surface area contributed by atoms with Crippen LogP contribution in [0.2, 0.25) is 0 Å². The lowest BCUT2D eigenvalue weighted by Gasteiger charge is -2.21. The SMILES string of the molecule is Cc1cc(NC(C(N)=O)C(C)C)c(C#N)c(C)n1. The lowest BCUT2D eigenvalue weighted by molar-refractivity contribution is -0.119. The zero-order valence-corrected chi connectivity index (χ0v) is 11.1. The van der Waals surface area contributed by atoms with Gasteiger partial charge in [-0.15, -0.1) is 0 Å². The number of amides is 1. The Labute approximate surface area is 107 Å². The number of hydrogen-bond donors (Lipinski definition) is 2. The van der Waals surface area contributed by atoms with E-state index in [1.165, 1.54) is 0 Å². The van der Waals surface area contributed by atoms with Crippen LogP contribution in [0.4, 0.5) is 5.69 Å². The van der Waals surface area contributed by atoms with E-state index in [2.05, 4.69) is 16.4 Å². The first-order chi connectivity index (χ1) is 8.36. The Bertz CT molecular complexity index is 502. The van der Waals surface area contributed by atoms with Crippen molar-refractivity contribution in [3.63, 3.8) is 0 Å². The monoisotopic (exact) mass is 246 g/mol. The van der Waals surface area contributed by atoms with E-state index in [0.29, 0.717) is 16.9 Å². The van der Waals surface area contributed by atoms with Gasteiger partial charge in [0.1, 0.15) is 12.1 Å². The van der Waals surface area contributed by atoms with Crippen molar-refractivity contribution in [2.24, 2.45) is 11.7 Å². The molecule has 96 valence electrons. The minimum absolute atomic E-state index is 0.0443. The fraction of sp³-hybridized carbons (Fsp3) is 0.462. The number of anilines is 1. The summed E-state index contributed by atoms with van der Waals surface area (Å²) in [6.45, 7) is 7.41. The average molecular weight is 246 g/mol. The fourth-order valence-corrected chi connectivity index (χ4v) is 1.82. The molecule has 5 heteroatoms. The number of nitrogens with two attached hydrogens (primary N) is 1. The van der Waals surface area contributed by atoms with Crippen molar-refractivity contribution < 1.29 is 4.79 Å². The number of rotatable bonds is 4. The van der Waals surface area contributed by atoms with Gasteiger partial charge in [-0.05, 0) is 25.8 Å². The van der Waals surface area contributed by atoms with E-state index in [-0.39, 0.29) is 5.92 Å². The Morgan fingerprint density at radius 2 is 2.11 bits per heavy atom. The van der Waals surface area contributed by atoms with Crippen LogP contribution in [0, 0.1) is 31.1 Å². The molecule has 0 fully saturated rings. The van der Waals surface area contributed by atoms with Gasteiger partial charge in [-0.25, -0.2) is 0 Å². The highest BCUT2D eigenvalue weighted by molar-refractivity contribution is 5.83. The van der Waals surface area contributed by atoms with E-state index in [1.807, 2.05) is 20.8 Å². The van der Waals surface area contributed by atoms with Crippen LogP contribution in [0.5, 0.6) is 0 Å². The van der Waals surface area contributed by atoms with Crippen LogP contribution in [-0.4, -0.2) is 16.9 Å². The summed E-state index contributed by atoms with van der Waals surface area (Å²) in [4.78, 5) is 15.6. The number of aryl methyl sites for hydroxylation is 2. The second-order valence-corrected chi connectivity index (χ2v) is 4.65. The number of aromatic nitrogens is 1. The van der Waals surface area contributed by atoms with Crippen LogP contribution >= 0.6 is 0 Å². The molecule has 5 nitrogen and oxygen atoms in total. The number of pyridine rings is 1. The highest BCUT2D eigenvalue weighted by Gasteiger charge is 2.21. The third-order valence-electron chi connectivity index (χ3n) is 2.72. The zero-order valence-electron chi connectivity index (χ0n) is 11.1. The van der Waals surface area contributed by atoms with Crippen LogP contribution in [0.1, 0.15) is 30.8 Å². The highest BCUT2D eigenvalue weighted by atomic mass is 16.1. The number of carbonyl (C=O) groups excluding carboxylic acids is 1. The Balaban J connectivity index is 3.18. The molecule has 1 amide bonds. The molecule has 18 heavy (non-hydrogen) atoms. The number of nitrogens with one attached hydrogen (secondary N) is 1. The van der Waals surface area contributed by atoms with Crippen molar-refractivity contribution in [2.75, 3.05) is 5.32 Å². The maximum atomic E-state index is 11.4. The Hall–Kier alpha value is -2.09. The van der Waals surface area contributed by atoms with Crippen molar-refractivity contribution in [1.82, 2.24) is 4.98 Å². The largest absolute Gasteiger partial charge is 0.372 e. The van der Waals surface area contributed by atoms with Crippen molar-refractivity contribution >= 4 is 11.6 Å². The first kappa shape index (κ1) is 14.0. The van der Waals surface area contributed by atoms with Crippen molar-refractivity contribution in [1.29, 1.82) is 5.26 Å². The lowest BCUT2D eigenvalue weighted by atomic mass is 10.0. The predicted octanol–water partition coefficient (Wildman–Crippen LogP) is 1.49. The van der Waals surface area contributed by atoms with Gasteiger partial charge in [0.25, 0.3) is 0 Å².